The summed E-state index contributed by atoms with van der Waals surface area (Å²) in [5.41, 5.74) is 2.99. The Morgan fingerprint density at radius 1 is 1.36 bits per heavy atom. The molecule has 0 spiro atoms. The summed E-state index contributed by atoms with van der Waals surface area (Å²) in [6.45, 7) is 3.69. The van der Waals surface area contributed by atoms with E-state index in [4.69, 9.17) is 9.57 Å². The highest BCUT2D eigenvalue weighted by Crippen LogP contribution is 2.11. The van der Waals surface area contributed by atoms with E-state index in [0.717, 1.165) is 26.2 Å². The van der Waals surface area contributed by atoms with Crippen molar-refractivity contribution in [3.63, 3.8) is 0 Å². The summed E-state index contributed by atoms with van der Waals surface area (Å²) in [5, 5.41) is 3.15. The Morgan fingerprint density at radius 3 is 2.79 bits per heavy atom. The molecule has 2 fully saturated rings. The second-order valence-electron chi connectivity index (χ2n) is 3.74. The summed E-state index contributed by atoms with van der Waals surface area (Å²) >= 11 is 0. The molecular weight excluding hydrogens is 204 g/mol. The highest BCUT2D eigenvalue weighted by atomic mass is 35.5. The van der Waals surface area contributed by atoms with E-state index >= 15 is 0 Å². The Balaban J connectivity index is 0.000000980. The molecule has 5 heteroatoms. The topological polar surface area (TPSA) is 42.5 Å². The molecular formula is C9H19ClN2O2. The van der Waals surface area contributed by atoms with Crippen molar-refractivity contribution in [2.75, 3.05) is 26.2 Å². The van der Waals surface area contributed by atoms with Gasteiger partial charge in [-0.2, -0.15) is 5.48 Å². The predicted octanol–water partition coefficient (Wildman–Crippen LogP) is 0.470. The average molecular weight is 223 g/mol. The van der Waals surface area contributed by atoms with Crippen molar-refractivity contribution in [2.45, 2.75) is 31.5 Å². The van der Waals surface area contributed by atoms with Gasteiger partial charge in [0.05, 0.1) is 6.10 Å². The number of hydrogen-bond acceptors (Lipinski definition) is 4. The Kier molecular flexibility index (Phi) is 5.74. The Morgan fingerprint density at radius 2 is 2.21 bits per heavy atom. The predicted molar refractivity (Wildman–Crippen MR) is 56.6 cm³/mol. The average Bonchev–Trinajstić information content (AvgIpc) is 2.11. The lowest BCUT2D eigenvalue weighted by molar-refractivity contribution is -0.0770. The standard InChI is InChI=1S/C9H18N2O2.ClH/c1-2-4-12-8(3-1)7-11-13-9-5-10-6-9;/h8-11H,1-7H2;1H. The van der Waals surface area contributed by atoms with Crippen LogP contribution >= 0.6 is 12.4 Å². The molecule has 0 radical (unpaired) electrons. The first-order valence-electron chi connectivity index (χ1n) is 5.16. The lowest BCUT2D eigenvalue weighted by Crippen LogP contribution is -2.51. The molecule has 2 N–H and O–H groups in total. The van der Waals surface area contributed by atoms with Crippen molar-refractivity contribution >= 4 is 12.4 Å². The van der Waals surface area contributed by atoms with E-state index in [0.29, 0.717) is 12.2 Å². The summed E-state index contributed by atoms with van der Waals surface area (Å²) in [7, 11) is 0. The fourth-order valence-electron chi connectivity index (χ4n) is 1.57. The molecule has 2 saturated heterocycles. The van der Waals surface area contributed by atoms with Gasteiger partial charge in [-0.3, -0.25) is 4.84 Å². The zero-order valence-electron chi connectivity index (χ0n) is 8.33. The molecule has 2 heterocycles. The number of halogens is 1. The minimum Gasteiger partial charge on any atom is -0.377 e. The van der Waals surface area contributed by atoms with Crippen LogP contribution in [0.1, 0.15) is 19.3 Å². The molecule has 0 bridgehead atoms. The number of hydroxylamine groups is 1. The van der Waals surface area contributed by atoms with Crippen molar-refractivity contribution in [1.82, 2.24) is 10.8 Å². The van der Waals surface area contributed by atoms with Crippen LogP contribution in [0.25, 0.3) is 0 Å². The van der Waals surface area contributed by atoms with Gasteiger partial charge in [0.25, 0.3) is 0 Å². The monoisotopic (exact) mass is 222 g/mol. The molecule has 1 unspecified atom stereocenters. The van der Waals surface area contributed by atoms with Crippen molar-refractivity contribution in [3.8, 4) is 0 Å². The van der Waals surface area contributed by atoms with Crippen LogP contribution < -0.4 is 10.8 Å². The van der Waals surface area contributed by atoms with Crippen molar-refractivity contribution < 1.29 is 9.57 Å². The van der Waals surface area contributed by atoms with Crippen LogP contribution in [-0.4, -0.2) is 38.4 Å². The van der Waals surface area contributed by atoms with Gasteiger partial charge in [-0.25, -0.2) is 0 Å². The largest absolute Gasteiger partial charge is 0.377 e. The van der Waals surface area contributed by atoms with E-state index in [1.807, 2.05) is 0 Å². The van der Waals surface area contributed by atoms with Crippen LogP contribution in [0.2, 0.25) is 0 Å². The lowest BCUT2D eigenvalue weighted by atomic mass is 10.1. The number of ether oxygens (including phenoxy) is 1. The van der Waals surface area contributed by atoms with Crippen LogP contribution in [-0.2, 0) is 9.57 Å². The van der Waals surface area contributed by atoms with E-state index in [1.54, 1.807) is 0 Å². The van der Waals surface area contributed by atoms with Crippen LogP contribution in [0.4, 0.5) is 0 Å². The molecule has 0 aromatic rings. The maximum absolute atomic E-state index is 5.55. The first-order chi connectivity index (χ1) is 6.45. The van der Waals surface area contributed by atoms with Gasteiger partial charge < -0.3 is 10.1 Å². The maximum atomic E-state index is 5.55. The summed E-state index contributed by atoms with van der Waals surface area (Å²) in [6, 6.07) is 0. The fraction of sp³-hybridized carbons (Fsp3) is 1.00. The zero-order chi connectivity index (χ0) is 8.93. The molecule has 0 amide bonds. The van der Waals surface area contributed by atoms with Gasteiger partial charge in [0.2, 0.25) is 0 Å². The SMILES string of the molecule is C1CCC(CNOC2CNC2)OC1.Cl. The molecule has 0 aromatic heterocycles. The van der Waals surface area contributed by atoms with Gasteiger partial charge in [-0.15, -0.1) is 12.4 Å². The molecule has 1 atom stereocenters. The van der Waals surface area contributed by atoms with Crippen LogP contribution in [0.15, 0.2) is 0 Å². The molecule has 2 aliphatic heterocycles. The van der Waals surface area contributed by atoms with Crippen molar-refractivity contribution in [2.24, 2.45) is 0 Å². The minimum atomic E-state index is 0. The van der Waals surface area contributed by atoms with Gasteiger partial charge in [0.15, 0.2) is 0 Å². The second kappa shape index (κ2) is 6.58. The normalized spacial score (nSPS) is 27.9. The number of hydrogen-bond donors (Lipinski definition) is 2. The van der Waals surface area contributed by atoms with Gasteiger partial charge in [0.1, 0.15) is 6.10 Å². The van der Waals surface area contributed by atoms with E-state index in [2.05, 4.69) is 10.8 Å². The summed E-state index contributed by atoms with van der Waals surface area (Å²) in [6.07, 6.45) is 4.39. The van der Waals surface area contributed by atoms with E-state index in [-0.39, 0.29) is 12.4 Å². The molecule has 0 saturated carbocycles. The number of nitrogens with one attached hydrogen (secondary N) is 2. The highest BCUT2D eigenvalue weighted by molar-refractivity contribution is 5.85. The minimum absolute atomic E-state index is 0. The molecule has 0 aliphatic carbocycles. The first-order valence-corrected chi connectivity index (χ1v) is 5.16. The molecule has 4 nitrogen and oxygen atoms in total. The van der Waals surface area contributed by atoms with Crippen molar-refractivity contribution in [1.29, 1.82) is 0 Å². The molecule has 0 aromatic carbocycles. The second-order valence-corrected chi connectivity index (χ2v) is 3.74. The Bertz CT molecular complexity index is 150. The summed E-state index contributed by atoms with van der Waals surface area (Å²) in [4.78, 5) is 5.39. The summed E-state index contributed by atoms with van der Waals surface area (Å²) in [5.74, 6) is 0. The van der Waals surface area contributed by atoms with Gasteiger partial charge >= 0.3 is 0 Å². The third-order valence-electron chi connectivity index (χ3n) is 2.58. The molecule has 84 valence electrons. The first kappa shape index (κ1) is 12.2. The van der Waals surface area contributed by atoms with E-state index in [1.165, 1.54) is 19.3 Å². The van der Waals surface area contributed by atoms with E-state index in [9.17, 15) is 0 Å². The van der Waals surface area contributed by atoms with Crippen molar-refractivity contribution in [3.05, 3.63) is 0 Å². The molecule has 2 aliphatic rings. The molecule has 14 heavy (non-hydrogen) atoms. The van der Waals surface area contributed by atoms with Gasteiger partial charge in [-0.1, -0.05) is 0 Å². The van der Waals surface area contributed by atoms with Gasteiger partial charge in [0, 0.05) is 26.2 Å². The fourth-order valence-corrected chi connectivity index (χ4v) is 1.57. The smallest absolute Gasteiger partial charge is 0.104 e. The lowest BCUT2D eigenvalue weighted by Gasteiger charge is -2.28. The quantitative estimate of drug-likeness (QED) is 0.679. The van der Waals surface area contributed by atoms with Crippen LogP contribution in [0, 0.1) is 0 Å². The Labute approximate surface area is 91.1 Å². The van der Waals surface area contributed by atoms with Gasteiger partial charge in [-0.05, 0) is 19.3 Å². The third kappa shape index (κ3) is 3.71. The van der Waals surface area contributed by atoms with Crippen LogP contribution in [0.3, 0.4) is 0 Å². The third-order valence-corrected chi connectivity index (χ3v) is 2.58. The number of rotatable bonds is 4. The zero-order valence-corrected chi connectivity index (χ0v) is 9.15. The van der Waals surface area contributed by atoms with E-state index < -0.39 is 0 Å². The van der Waals surface area contributed by atoms with Crippen LogP contribution in [0.5, 0.6) is 0 Å². The maximum Gasteiger partial charge on any atom is 0.104 e. The summed E-state index contributed by atoms with van der Waals surface area (Å²) < 4.78 is 5.55. The molecule has 2 rings (SSSR count). The Hall–Kier alpha value is 0.130. The highest BCUT2D eigenvalue weighted by Gasteiger charge is 2.18.